The number of hydrogen-bond donors (Lipinski definition) is 2. The summed E-state index contributed by atoms with van der Waals surface area (Å²) in [6, 6.07) is 10.4. The standard InChI is InChI=1S/C13H12FIN2/c1-8-2-4-13(11(16)6-8)17-12-5-3-9(14)7-10(12)15/h2-7,17H,16H2,1H3. The summed E-state index contributed by atoms with van der Waals surface area (Å²) in [5, 5.41) is 3.20. The molecule has 2 nitrogen and oxygen atoms in total. The normalized spacial score (nSPS) is 10.3. The van der Waals surface area contributed by atoms with Crippen LogP contribution in [0.4, 0.5) is 21.5 Å². The smallest absolute Gasteiger partial charge is 0.124 e. The van der Waals surface area contributed by atoms with Gasteiger partial charge < -0.3 is 11.1 Å². The molecule has 0 unspecified atom stereocenters. The Morgan fingerprint density at radius 2 is 1.82 bits per heavy atom. The van der Waals surface area contributed by atoms with Gasteiger partial charge in [-0.3, -0.25) is 0 Å². The molecule has 0 fully saturated rings. The summed E-state index contributed by atoms with van der Waals surface area (Å²) in [6.45, 7) is 1.99. The van der Waals surface area contributed by atoms with Gasteiger partial charge in [0.2, 0.25) is 0 Å². The van der Waals surface area contributed by atoms with E-state index in [1.54, 1.807) is 6.07 Å². The Labute approximate surface area is 113 Å². The number of anilines is 3. The van der Waals surface area contributed by atoms with Crippen LogP contribution in [0, 0.1) is 16.3 Å². The van der Waals surface area contributed by atoms with E-state index in [9.17, 15) is 4.39 Å². The molecule has 2 aromatic carbocycles. The molecule has 0 saturated carbocycles. The molecule has 0 atom stereocenters. The van der Waals surface area contributed by atoms with Gasteiger partial charge in [-0.05, 0) is 65.4 Å². The molecule has 88 valence electrons. The highest BCUT2D eigenvalue weighted by Gasteiger charge is 2.04. The van der Waals surface area contributed by atoms with Gasteiger partial charge in [-0.15, -0.1) is 0 Å². The van der Waals surface area contributed by atoms with Crippen LogP contribution < -0.4 is 11.1 Å². The fraction of sp³-hybridized carbons (Fsp3) is 0.0769. The average molecular weight is 342 g/mol. The number of nitrogens with two attached hydrogens (primary N) is 1. The first-order chi connectivity index (χ1) is 8.06. The zero-order valence-corrected chi connectivity index (χ0v) is 11.5. The molecule has 0 aromatic heterocycles. The van der Waals surface area contributed by atoms with E-state index in [-0.39, 0.29) is 5.82 Å². The van der Waals surface area contributed by atoms with Gasteiger partial charge in [0.15, 0.2) is 0 Å². The van der Waals surface area contributed by atoms with Crippen LogP contribution in [0.15, 0.2) is 36.4 Å². The van der Waals surface area contributed by atoms with Crippen LogP contribution >= 0.6 is 22.6 Å². The van der Waals surface area contributed by atoms with Crippen molar-refractivity contribution in [3.05, 3.63) is 51.3 Å². The second-order valence-corrected chi connectivity index (χ2v) is 5.00. The molecule has 0 radical (unpaired) electrons. The van der Waals surface area contributed by atoms with Crippen molar-refractivity contribution >= 4 is 39.7 Å². The molecule has 0 bridgehead atoms. The quantitative estimate of drug-likeness (QED) is 0.638. The van der Waals surface area contributed by atoms with Crippen molar-refractivity contribution in [3.63, 3.8) is 0 Å². The van der Waals surface area contributed by atoms with Crippen LogP contribution in [0.5, 0.6) is 0 Å². The summed E-state index contributed by atoms with van der Waals surface area (Å²) in [4.78, 5) is 0. The Morgan fingerprint density at radius 3 is 2.47 bits per heavy atom. The molecular formula is C13H12FIN2. The highest BCUT2D eigenvalue weighted by Crippen LogP contribution is 2.27. The monoisotopic (exact) mass is 342 g/mol. The van der Waals surface area contributed by atoms with Crippen molar-refractivity contribution in [2.45, 2.75) is 6.92 Å². The first kappa shape index (κ1) is 12.2. The van der Waals surface area contributed by atoms with Gasteiger partial charge in [0.05, 0.1) is 17.1 Å². The minimum Gasteiger partial charge on any atom is -0.397 e. The first-order valence-corrected chi connectivity index (χ1v) is 6.22. The Hall–Kier alpha value is -1.30. The Balaban J connectivity index is 2.31. The number of aryl methyl sites for hydroxylation is 1. The molecule has 0 heterocycles. The molecule has 2 aromatic rings. The molecule has 4 heteroatoms. The second-order valence-electron chi connectivity index (χ2n) is 3.84. The maximum absolute atomic E-state index is 13.0. The number of hydrogen-bond acceptors (Lipinski definition) is 2. The van der Waals surface area contributed by atoms with Gasteiger partial charge in [-0.25, -0.2) is 4.39 Å². The minimum atomic E-state index is -0.239. The molecule has 3 N–H and O–H groups in total. The van der Waals surface area contributed by atoms with Gasteiger partial charge in [-0.1, -0.05) is 6.07 Å². The van der Waals surface area contributed by atoms with E-state index >= 15 is 0 Å². The highest BCUT2D eigenvalue weighted by atomic mass is 127. The summed E-state index contributed by atoms with van der Waals surface area (Å²) < 4.78 is 13.8. The third-order valence-corrected chi connectivity index (χ3v) is 3.30. The lowest BCUT2D eigenvalue weighted by Crippen LogP contribution is -1.98. The van der Waals surface area contributed by atoms with Gasteiger partial charge in [-0.2, -0.15) is 0 Å². The van der Waals surface area contributed by atoms with Crippen molar-refractivity contribution < 1.29 is 4.39 Å². The largest absolute Gasteiger partial charge is 0.397 e. The van der Waals surface area contributed by atoms with Gasteiger partial charge >= 0.3 is 0 Å². The van der Waals surface area contributed by atoms with E-state index in [1.807, 2.05) is 25.1 Å². The first-order valence-electron chi connectivity index (χ1n) is 5.14. The van der Waals surface area contributed by atoms with Crippen molar-refractivity contribution in [2.24, 2.45) is 0 Å². The lowest BCUT2D eigenvalue weighted by Gasteiger charge is -2.11. The highest BCUT2D eigenvalue weighted by molar-refractivity contribution is 14.1. The maximum Gasteiger partial charge on any atom is 0.124 e. The maximum atomic E-state index is 13.0. The fourth-order valence-electron chi connectivity index (χ4n) is 1.53. The number of nitrogen functional groups attached to an aromatic ring is 1. The molecular weight excluding hydrogens is 330 g/mol. The zero-order valence-electron chi connectivity index (χ0n) is 9.30. The third kappa shape index (κ3) is 2.88. The molecule has 0 saturated heterocycles. The van der Waals surface area contributed by atoms with Crippen molar-refractivity contribution in [3.8, 4) is 0 Å². The summed E-state index contributed by atoms with van der Waals surface area (Å²) in [6.07, 6.45) is 0. The molecule has 17 heavy (non-hydrogen) atoms. The number of benzene rings is 2. The lowest BCUT2D eigenvalue weighted by molar-refractivity contribution is 0.627. The predicted molar refractivity (Wildman–Crippen MR) is 78.0 cm³/mol. The zero-order chi connectivity index (χ0) is 12.4. The summed E-state index contributed by atoms with van der Waals surface area (Å²) in [5.74, 6) is -0.239. The van der Waals surface area contributed by atoms with E-state index in [0.29, 0.717) is 5.69 Å². The minimum absolute atomic E-state index is 0.239. The number of rotatable bonds is 2. The molecule has 0 aliphatic heterocycles. The SMILES string of the molecule is Cc1ccc(Nc2ccc(F)cc2I)c(N)c1. The van der Waals surface area contributed by atoms with Crippen molar-refractivity contribution in [1.82, 2.24) is 0 Å². The van der Waals surface area contributed by atoms with E-state index in [2.05, 4.69) is 27.9 Å². The van der Waals surface area contributed by atoms with E-state index in [4.69, 9.17) is 5.73 Å². The van der Waals surface area contributed by atoms with Crippen LogP contribution in [0.2, 0.25) is 0 Å². The Morgan fingerprint density at radius 1 is 1.12 bits per heavy atom. The van der Waals surface area contributed by atoms with Gasteiger partial charge in [0, 0.05) is 3.57 Å². The summed E-state index contributed by atoms with van der Waals surface area (Å²) in [7, 11) is 0. The van der Waals surface area contributed by atoms with Gasteiger partial charge in [0.1, 0.15) is 5.82 Å². The van der Waals surface area contributed by atoms with Gasteiger partial charge in [0.25, 0.3) is 0 Å². The third-order valence-electron chi connectivity index (χ3n) is 2.41. The van der Waals surface area contributed by atoms with Crippen molar-refractivity contribution in [2.75, 3.05) is 11.1 Å². The molecule has 0 aliphatic carbocycles. The number of nitrogens with one attached hydrogen (secondary N) is 1. The summed E-state index contributed by atoms with van der Waals surface area (Å²) in [5.41, 5.74) is 9.39. The summed E-state index contributed by atoms with van der Waals surface area (Å²) >= 11 is 2.09. The van der Waals surface area contributed by atoms with E-state index in [1.165, 1.54) is 12.1 Å². The van der Waals surface area contributed by atoms with E-state index in [0.717, 1.165) is 20.5 Å². The fourth-order valence-corrected chi connectivity index (χ4v) is 2.14. The molecule has 0 aliphatic rings. The van der Waals surface area contributed by atoms with E-state index < -0.39 is 0 Å². The Bertz CT molecular complexity index is 506. The van der Waals surface area contributed by atoms with Crippen LogP contribution in [0.1, 0.15) is 5.56 Å². The molecule has 0 amide bonds. The second kappa shape index (κ2) is 4.91. The molecule has 2 rings (SSSR count). The Kier molecular flexibility index (Phi) is 3.51. The topological polar surface area (TPSA) is 38.0 Å². The van der Waals surface area contributed by atoms with Crippen LogP contribution in [-0.2, 0) is 0 Å². The van der Waals surface area contributed by atoms with Crippen LogP contribution in [0.25, 0.3) is 0 Å². The van der Waals surface area contributed by atoms with Crippen LogP contribution in [-0.4, -0.2) is 0 Å². The average Bonchev–Trinajstić information content (AvgIpc) is 2.25. The molecule has 0 spiro atoms. The van der Waals surface area contributed by atoms with Crippen LogP contribution in [0.3, 0.4) is 0 Å². The van der Waals surface area contributed by atoms with Crippen molar-refractivity contribution in [1.29, 1.82) is 0 Å². The number of halogens is 2. The predicted octanol–water partition coefficient (Wildman–Crippen LogP) is 4.06. The lowest BCUT2D eigenvalue weighted by atomic mass is 10.2.